The summed E-state index contributed by atoms with van der Waals surface area (Å²) in [5.74, 6) is -0.313. The van der Waals surface area contributed by atoms with Crippen molar-refractivity contribution in [1.82, 2.24) is 9.97 Å². The van der Waals surface area contributed by atoms with Crippen molar-refractivity contribution >= 4 is 29.2 Å². The fraction of sp³-hybridized carbons (Fsp3) is 0.250. The molecule has 3 N–H and O–H groups in total. The van der Waals surface area contributed by atoms with Crippen LogP contribution in [0.25, 0.3) is 0 Å². The van der Waals surface area contributed by atoms with Crippen molar-refractivity contribution < 1.29 is 9.53 Å². The van der Waals surface area contributed by atoms with Crippen LogP contribution < -0.4 is 11.1 Å². The number of aromatic nitrogens is 2. The zero-order chi connectivity index (χ0) is 16.9. The second-order valence-corrected chi connectivity index (χ2v) is 5.78. The highest BCUT2D eigenvalue weighted by atomic mass is 35.5. The van der Waals surface area contributed by atoms with E-state index in [9.17, 15) is 4.79 Å². The summed E-state index contributed by atoms with van der Waals surface area (Å²) in [4.78, 5) is 24.0. The van der Waals surface area contributed by atoms with E-state index in [1.165, 1.54) is 12.4 Å². The van der Waals surface area contributed by atoms with Crippen LogP contribution in [-0.4, -0.2) is 34.5 Å². The predicted octanol–water partition coefficient (Wildman–Crippen LogP) is 2.03. The normalized spacial score (nSPS) is 16.4. The van der Waals surface area contributed by atoms with Gasteiger partial charge < -0.3 is 15.8 Å². The molecule has 7 nitrogen and oxygen atoms in total. The topological polar surface area (TPSA) is 102 Å². The predicted molar refractivity (Wildman–Crippen MR) is 91.1 cm³/mol. The largest absolute Gasteiger partial charge is 0.463 e. The first kappa shape index (κ1) is 16.2. The van der Waals surface area contributed by atoms with E-state index >= 15 is 0 Å². The molecule has 8 heteroatoms. The highest BCUT2D eigenvalue weighted by Gasteiger charge is 2.16. The van der Waals surface area contributed by atoms with Gasteiger partial charge in [0.15, 0.2) is 0 Å². The maximum Gasteiger partial charge on any atom is 0.293 e. The third-order valence-corrected chi connectivity index (χ3v) is 3.73. The average Bonchev–Trinajstić information content (AvgIpc) is 3.00. The summed E-state index contributed by atoms with van der Waals surface area (Å²) < 4.78 is 5.13. The minimum atomic E-state index is -0.382. The summed E-state index contributed by atoms with van der Waals surface area (Å²) in [7, 11) is 0. The molecule has 1 aliphatic rings. The molecular weight excluding hydrogens is 330 g/mol. The fourth-order valence-corrected chi connectivity index (χ4v) is 2.39. The van der Waals surface area contributed by atoms with Gasteiger partial charge in [0.05, 0.1) is 11.1 Å². The highest BCUT2D eigenvalue weighted by molar-refractivity contribution is 6.30. The number of ether oxygens (including phenoxy) is 1. The Labute approximate surface area is 143 Å². The van der Waals surface area contributed by atoms with E-state index < -0.39 is 0 Å². The van der Waals surface area contributed by atoms with E-state index in [1.807, 2.05) is 24.3 Å². The molecule has 1 aliphatic heterocycles. The van der Waals surface area contributed by atoms with Crippen LogP contribution in [-0.2, 0) is 11.2 Å². The number of nitrogens with zero attached hydrogens (tertiary/aromatic N) is 3. The number of nitrogens with two attached hydrogens (primary N) is 1. The molecule has 2 aromatic rings. The molecule has 3 rings (SSSR count). The number of carbonyl (C=O) groups excluding carboxylic acids is 1. The van der Waals surface area contributed by atoms with E-state index in [1.54, 1.807) is 0 Å². The lowest BCUT2D eigenvalue weighted by atomic mass is 10.1. The maximum absolute atomic E-state index is 12.0. The van der Waals surface area contributed by atoms with Crippen LogP contribution in [0.15, 0.2) is 41.7 Å². The van der Waals surface area contributed by atoms with Crippen LogP contribution in [0, 0.1) is 0 Å². The van der Waals surface area contributed by atoms with Crippen molar-refractivity contribution in [2.45, 2.75) is 18.9 Å². The first-order valence-corrected chi connectivity index (χ1v) is 7.82. The molecule has 1 aromatic heterocycles. The first-order chi connectivity index (χ1) is 11.6. The molecule has 0 spiro atoms. The summed E-state index contributed by atoms with van der Waals surface area (Å²) in [5.41, 5.74) is 7.31. The molecular formula is C16H16ClN5O2. The molecule has 2 heterocycles. The van der Waals surface area contributed by atoms with Gasteiger partial charge in [-0.3, -0.25) is 4.79 Å². The third kappa shape index (κ3) is 4.20. The minimum absolute atomic E-state index is 0.0696. The lowest BCUT2D eigenvalue weighted by Gasteiger charge is -2.07. The number of nitrogens with one attached hydrogen (secondary N) is 1. The van der Waals surface area contributed by atoms with E-state index in [4.69, 9.17) is 22.1 Å². The molecule has 1 atom stereocenters. The van der Waals surface area contributed by atoms with Crippen molar-refractivity contribution in [2.24, 2.45) is 10.7 Å². The van der Waals surface area contributed by atoms with Crippen molar-refractivity contribution in [1.29, 1.82) is 0 Å². The quantitative estimate of drug-likeness (QED) is 0.863. The average molecular weight is 346 g/mol. The molecule has 24 heavy (non-hydrogen) atoms. The van der Waals surface area contributed by atoms with Crippen molar-refractivity contribution in [3.05, 3.63) is 53.1 Å². The van der Waals surface area contributed by atoms with Crippen LogP contribution in [0.3, 0.4) is 0 Å². The second-order valence-electron chi connectivity index (χ2n) is 5.35. The molecule has 0 fully saturated rings. The Morgan fingerprint density at radius 2 is 2.00 bits per heavy atom. The number of hydrogen-bond acceptors (Lipinski definition) is 6. The smallest absolute Gasteiger partial charge is 0.293 e. The lowest BCUT2D eigenvalue weighted by molar-refractivity contribution is 0.101. The second kappa shape index (κ2) is 7.27. The van der Waals surface area contributed by atoms with Gasteiger partial charge in [-0.05, 0) is 30.5 Å². The van der Waals surface area contributed by atoms with Gasteiger partial charge in [-0.15, -0.1) is 0 Å². The summed E-state index contributed by atoms with van der Waals surface area (Å²) in [5, 5.41) is 3.13. The number of amides is 1. The van der Waals surface area contributed by atoms with Gasteiger partial charge in [-0.25, -0.2) is 15.0 Å². The Bertz CT molecular complexity index is 746. The molecule has 0 unspecified atom stereocenters. The van der Waals surface area contributed by atoms with Crippen molar-refractivity contribution in [3.63, 3.8) is 0 Å². The number of aliphatic imine (C=N–C) groups is 1. The SMILES string of the molecule is NC1=N[C@@H](CCc2ccc(NC(=O)c3ncc(Cl)cn3)cc2)CO1. The van der Waals surface area contributed by atoms with E-state index in [0.29, 0.717) is 17.3 Å². The van der Waals surface area contributed by atoms with Crippen LogP contribution >= 0.6 is 11.6 Å². The number of carbonyl (C=O) groups is 1. The third-order valence-electron chi connectivity index (χ3n) is 3.53. The number of rotatable bonds is 5. The first-order valence-electron chi connectivity index (χ1n) is 7.44. The van der Waals surface area contributed by atoms with Crippen LogP contribution in [0.1, 0.15) is 22.6 Å². The van der Waals surface area contributed by atoms with Gasteiger partial charge in [0.1, 0.15) is 6.61 Å². The monoisotopic (exact) mass is 345 g/mol. The Hall–Kier alpha value is -2.67. The van der Waals surface area contributed by atoms with E-state index in [-0.39, 0.29) is 23.8 Å². The molecule has 0 saturated carbocycles. The Kier molecular flexibility index (Phi) is 4.90. The molecule has 0 bridgehead atoms. The van der Waals surface area contributed by atoms with Crippen molar-refractivity contribution in [3.8, 4) is 0 Å². The Morgan fingerprint density at radius 3 is 2.62 bits per heavy atom. The summed E-state index contributed by atoms with van der Waals surface area (Å²) in [6.07, 6.45) is 4.49. The van der Waals surface area contributed by atoms with Crippen LogP contribution in [0.5, 0.6) is 0 Å². The highest BCUT2D eigenvalue weighted by Crippen LogP contribution is 2.15. The molecule has 1 aromatic carbocycles. The van der Waals surface area contributed by atoms with Crippen LogP contribution in [0.4, 0.5) is 5.69 Å². The van der Waals surface area contributed by atoms with Gasteiger partial charge in [0, 0.05) is 18.1 Å². The minimum Gasteiger partial charge on any atom is -0.463 e. The molecule has 1 amide bonds. The zero-order valence-corrected chi connectivity index (χ0v) is 13.5. The molecule has 0 aliphatic carbocycles. The zero-order valence-electron chi connectivity index (χ0n) is 12.8. The van der Waals surface area contributed by atoms with E-state index in [0.717, 1.165) is 18.4 Å². The number of halogens is 1. The fourth-order valence-electron chi connectivity index (χ4n) is 2.29. The summed E-state index contributed by atoms with van der Waals surface area (Å²) in [6.45, 7) is 0.543. The summed E-state index contributed by atoms with van der Waals surface area (Å²) >= 11 is 5.70. The molecule has 0 saturated heterocycles. The number of anilines is 1. The summed E-state index contributed by atoms with van der Waals surface area (Å²) in [6, 6.07) is 7.98. The number of aryl methyl sites for hydroxylation is 1. The van der Waals surface area contributed by atoms with Gasteiger partial charge in [0.25, 0.3) is 11.9 Å². The maximum atomic E-state index is 12.0. The number of hydrogen-bond donors (Lipinski definition) is 2. The number of benzene rings is 1. The molecule has 0 radical (unpaired) electrons. The van der Waals surface area contributed by atoms with E-state index in [2.05, 4.69) is 20.3 Å². The van der Waals surface area contributed by atoms with Crippen molar-refractivity contribution in [2.75, 3.05) is 11.9 Å². The standard InChI is InChI=1S/C16H16ClN5O2/c17-11-7-19-14(20-8-11)15(23)21-12-4-1-10(2-5-12)3-6-13-9-24-16(18)22-13/h1-2,4-5,7-8,13H,3,6,9H2,(H2,18,22)(H,21,23)/t13-/m0/s1. The Balaban J connectivity index is 1.54. The van der Waals surface area contributed by atoms with Gasteiger partial charge >= 0.3 is 0 Å². The van der Waals surface area contributed by atoms with Gasteiger partial charge in [0.2, 0.25) is 5.82 Å². The van der Waals surface area contributed by atoms with Crippen LogP contribution in [0.2, 0.25) is 5.02 Å². The Morgan fingerprint density at radius 1 is 1.29 bits per heavy atom. The number of amidine groups is 1. The molecule has 124 valence electrons. The van der Waals surface area contributed by atoms with Gasteiger partial charge in [-0.1, -0.05) is 23.7 Å². The lowest BCUT2D eigenvalue weighted by Crippen LogP contribution is -2.15. The van der Waals surface area contributed by atoms with Gasteiger partial charge in [-0.2, -0.15) is 0 Å².